The number of halogens is 3. The van der Waals surface area contributed by atoms with Crippen LogP contribution in [0.2, 0.25) is 0 Å². The van der Waals surface area contributed by atoms with Crippen LogP contribution in [-0.4, -0.2) is 11.8 Å². The van der Waals surface area contributed by atoms with Gasteiger partial charge < -0.3 is 10.6 Å². The molecule has 0 aliphatic carbocycles. The maximum atomic E-state index is 13.1. The van der Waals surface area contributed by atoms with E-state index in [2.05, 4.69) is 10.6 Å². The molecule has 0 atom stereocenters. The van der Waals surface area contributed by atoms with E-state index in [4.69, 9.17) is 0 Å². The van der Waals surface area contributed by atoms with Crippen molar-refractivity contribution in [3.63, 3.8) is 0 Å². The number of rotatable bonds is 6. The van der Waals surface area contributed by atoms with Gasteiger partial charge in [0.25, 0.3) is 11.8 Å². The van der Waals surface area contributed by atoms with Crippen LogP contribution in [0, 0.1) is 0 Å². The van der Waals surface area contributed by atoms with Gasteiger partial charge in [0.2, 0.25) is 0 Å². The second kappa shape index (κ2) is 10.8. The second-order valence-corrected chi connectivity index (χ2v) is 9.02. The van der Waals surface area contributed by atoms with Gasteiger partial charge in [-0.05, 0) is 69.9 Å². The standard InChI is InChI=1S/C32H23F3N2O2/c33-32(34,35)26-16-14-23(15-17-26)28-10-3-4-11-29(28)31(39)37-27-9-5-8-25(19-27)30(38)36-20-21-12-13-22-6-1-2-7-24(22)18-21/h1-19H,20H2,(H,36,38)(H,37,39). The average molecular weight is 525 g/mol. The van der Waals surface area contributed by atoms with Crippen molar-refractivity contribution in [2.24, 2.45) is 0 Å². The van der Waals surface area contributed by atoms with E-state index in [1.165, 1.54) is 12.1 Å². The van der Waals surface area contributed by atoms with Gasteiger partial charge in [-0.3, -0.25) is 9.59 Å². The fourth-order valence-corrected chi connectivity index (χ4v) is 4.34. The predicted octanol–water partition coefficient (Wildman–Crippen LogP) is 7.71. The first-order valence-electron chi connectivity index (χ1n) is 12.2. The Kier molecular flexibility index (Phi) is 7.14. The van der Waals surface area contributed by atoms with Crippen molar-refractivity contribution in [3.8, 4) is 11.1 Å². The zero-order valence-corrected chi connectivity index (χ0v) is 20.6. The molecule has 0 spiro atoms. The summed E-state index contributed by atoms with van der Waals surface area (Å²) in [4.78, 5) is 26.0. The molecular formula is C32H23F3N2O2. The maximum Gasteiger partial charge on any atom is 0.416 e. The monoisotopic (exact) mass is 524 g/mol. The lowest BCUT2D eigenvalue weighted by molar-refractivity contribution is -0.137. The van der Waals surface area contributed by atoms with Gasteiger partial charge in [0.1, 0.15) is 0 Å². The molecule has 0 aliphatic heterocycles. The van der Waals surface area contributed by atoms with E-state index in [9.17, 15) is 22.8 Å². The van der Waals surface area contributed by atoms with Crippen LogP contribution in [0.1, 0.15) is 31.8 Å². The molecule has 0 saturated heterocycles. The number of fused-ring (bicyclic) bond motifs is 1. The van der Waals surface area contributed by atoms with Crippen molar-refractivity contribution >= 4 is 28.3 Å². The SMILES string of the molecule is O=C(NCc1ccc2ccccc2c1)c1cccc(NC(=O)c2ccccc2-c2ccc(C(F)(F)F)cc2)c1. The number of anilines is 1. The van der Waals surface area contributed by atoms with Crippen LogP contribution in [0.4, 0.5) is 18.9 Å². The summed E-state index contributed by atoms with van der Waals surface area (Å²) in [5.41, 5.74) is 2.27. The number of carbonyl (C=O) groups excluding carboxylic acids is 2. The molecule has 5 aromatic carbocycles. The van der Waals surface area contributed by atoms with Crippen LogP contribution >= 0.6 is 0 Å². The van der Waals surface area contributed by atoms with Gasteiger partial charge in [0.15, 0.2) is 0 Å². The number of alkyl halides is 3. The van der Waals surface area contributed by atoms with Crippen molar-refractivity contribution < 1.29 is 22.8 Å². The highest BCUT2D eigenvalue weighted by Crippen LogP contribution is 2.32. The number of benzene rings is 5. The van der Waals surface area contributed by atoms with Crippen LogP contribution in [0.5, 0.6) is 0 Å². The molecule has 0 aliphatic rings. The molecule has 39 heavy (non-hydrogen) atoms. The van der Waals surface area contributed by atoms with Gasteiger partial charge in [-0.1, -0.05) is 72.8 Å². The van der Waals surface area contributed by atoms with Gasteiger partial charge in [-0.15, -0.1) is 0 Å². The Hall–Kier alpha value is -4.91. The van der Waals surface area contributed by atoms with Crippen LogP contribution in [-0.2, 0) is 12.7 Å². The van der Waals surface area contributed by atoms with Crippen molar-refractivity contribution in [2.45, 2.75) is 12.7 Å². The number of hydrogen-bond donors (Lipinski definition) is 2. The summed E-state index contributed by atoms with van der Waals surface area (Å²) in [7, 11) is 0. The van der Waals surface area contributed by atoms with Crippen molar-refractivity contribution in [2.75, 3.05) is 5.32 Å². The van der Waals surface area contributed by atoms with E-state index in [0.29, 0.717) is 34.5 Å². The molecule has 5 aromatic rings. The van der Waals surface area contributed by atoms with Crippen molar-refractivity contribution in [1.29, 1.82) is 0 Å². The lowest BCUT2D eigenvalue weighted by Gasteiger charge is -2.13. The van der Waals surface area contributed by atoms with Gasteiger partial charge in [0.05, 0.1) is 5.56 Å². The first kappa shape index (κ1) is 25.7. The molecule has 5 rings (SSSR count). The third-order valence-electron chi connectivity index (χ3n) is 6.34. The molecule has 0 unspecified atom stereocenters. The van der Waals surface area contributed by atoms with E-state index in [0.717, 1.165) is 28.5 Å². The lowest BCUT2D eigenvalue weighted by atomic mass is 9.98. The van der Waals surface area contributed by atoms with Gasteiger partial charge in [-0.2, -0.15) is 13.2 Å². The van der Waals surface area contributed by atoms with Crippen LogP contribution in [0.15, 0.2) is 115 Å². The quantitative estimate of drug-likeness (QED) is 0.239. The normalized spacial score (nSPS) is 11.3. The highest BCUT2D eigenvalue weighted by Gasteiger charge is 2.30. The van der Waals surface area contributed by atoms with Gasteiger partial charge >= 0.3 is 6.18 Å². The fourth-order valence-electron chi connectivity index (χ4n) is 4.34. The Morgan fingerprint density at radius 1 is 0.667 bits per heavy atom. The summed E-state index contributed by atoms with van der Waals surface area (Å²) in [6.07, 6.45) is -4.44. The summed E-state index contributed by atoms with van der Waals surface area (Å²) in [5.74, 6) is -0.733. The molecule has 0 aromatic heterocycles. The zero-order valence-electron chi connectivity index (χ0n) is 20.6. The molecule has 2 N–H and O–H groups in total. The highest BCUT2D eigenvalue weighted by atomic mass is 19.4. The highest BCUT2D eigenvalue weighted by molar-refractivity contribution is 6.09. The average Bonchev–Trinajstić information content (AvgIpc) is 2.95. The van der Waals surface area contributed by atoms with E-state index < -0.39 is 17.6 Å². The topological polar surface area (TPSA) is 58.2 Å². The molecule has 0 heterocycles. The zero-order chi connectivity index (χ0) is 27.4. The summed E-state index contributed by atoms with van der Waals surface area (Å²) in [6, 6.07) is 31.9. The van der Waals surface area contributed by atoms with Crippen molar-refractivity contribution in [3.05, 3.63) is 138 Å². The minimum Gasteiger partial charge on any atom is -0.348 e. The third-order valence-corrected chi connectivity index (χ3v) is 6.34. The summed E-state index contributed by atoms with van der Waals surface area (Å²) >= 11 is 0. The van der Waals surface area contributed by atoms with E-state index >= 15 is 0 Å². The molecule has 0 saturated carbocycles. The van der Waals surface area contributed by atoms with Gasteiger partial charge in [-0.25, -0.2) is 0 Å². The number of nitrogens with one attached hydrogen (secondary N) is 2. The van der Waals surface area contributed by atoms with Crippen LogP contribution in [0.25, 0.3) is 21.9 Å². The van der Waals surface area contributed by atoms with E-state index in [1.807, 2.05) is 42.5 Å². The summed E-state index contributed by atoms with van der Waals surface area (Å²) in [6.45, 7) is 0.348. The Morgan fingerprint density at radius 3 is 2.15 bits per heavy atom. The number of carbonyl (C=O) groups is 2. The van der Waals surface area contributed by atoms with Crippen LogP contribution < -0.4 is 10.6 Å². The number of amides is 2. The molecule has 194 valence electrons. The van der Waals surface area contributed by atoms with Gasteiger partial charge in [0, 0.05) is 23.4 Å². The molecular weight excluding hydrogens is 501 g/mol. The molecule has 0 radical (unpaired) electrons. The van der Waals surface area contributed by atoms with E-state index in [-0.39, 0.29) is 5.91 Å². The number of hydrogen-bond acceptors (Lipinski definition) is 2. The summed E-state index contributed by atoms with van der Waals surface area (Å²) < 4.78 is 38.9. The second-order valence-electron chi connectivity index (χ2n) is 9.02. The van der Waals surface area contributed by atoms with Crippen molar-refractivity contribution in [1.82, 2.24) is 5.32 Å². The Bertz CT molecular complexity index is 1660. The van der Waals surface area contributed by atoms with Crippen LogP contribution in [0.3, 0.4) is 0 Å². The lowest BCUT2D eigenvalue weighted by Crippen LogP contribution is -2.23. The fraction of sp³-hybridized carbons (Fsp3) is 0.0625. The molecule has 0 bridgehead atoms. The smallest absolute Gasteiger partial charge is 0.348 e. The molecule has 0 fully saturated rings. The Morgan fingerprint density at radius 2 is 1.38 bits per heavy atom. The minimum atomic E-state index is -4.44. The third kappa shape index (κ3) is 5.99. The van der Waals surface area contributed by atoms with E-state index in [1.54, 1.807) is 48.5 Å². The Balaban J connectivity index is 1.28. The molecule has 2 amide bonds. The summed E-state index contributed by atoms with van der Waals surface area (Å²) in [5, 5.41) is 7.91. The minimum absolute atomic E-state index is 0.288. The first-order valence-corrected chi connectivity index (χ1v) is 12.2. The molecule has 7 heteroatoms. The largest absolute Gasteiger partial charge is 0.416 e. The Labute approximate surface area is 223 Å². The molecule has 4 nitrogen and oxygen atoms in total. The predicted molar refractivity (Wildman–Crippen MR) is 146 cm³/mol. The maximum absolute atomic E-state index is 13.1. The first-order chi connectivity index (χ1) is 18.8.